The molecule has 0 unspecified atom stereocenters. The first-order chi connectivity index (χ1) is 9.70. The number of hydrogen-bond donors (Lipinski definition) is 0. The smallest absolute Gasteiger partial charge is 0.312 e. The fourth-order valence-electron chi connectivity index (χ4n) is 5.73. The second-order valence-corrected chi connectivity index (χ2v) is 9.36. The summed E-state index contributed by atoms with van der Waals surface area (Å²) in [7, 11) is 0. The number of rotatable bonds is 4. The molecule has 0 atom stereocenters. The van der Waals surface area contributed by atoms with E-state index >= 15 is 0 Å². The summed E-state index contributed by atoms with van der Waals surface area (Å²) in [6.07, 6.45) is 7.52. The first-order valence-electron chi connectivity index (χ1n) is 8.94. The van der Waals surface area contributed by atoms with Gasteiger partial charge in [0.05, 0.1) is 5.41 Å². The number of hydrogen-bond acceptors (Lipinski definition) is 2. The summed E-state index contributed by atoms with van der Waals surface area (Å²) in [5.41, 5.74) is -0.537. The molecule has 2 heteroatoms. The van der Waals surface area contributed by atoms with Crippen molar-refractivity contribution in [3.8, 4) is 0 Å². The average Bonchev–Trinajstić information content (AvgIpc) is 2.33. The van der Waals surface area contributed by atoms with E-state index in [9.17, 15) is 4.79 Å². The monoisotopic (exact) mass is 292 g/mol. The van der Waals surface area contributed by atoms with E-state index in [2.05, 4.69) is 34.6 Å². The van der Waals surface area contributed by atoms with Crippen LogP contribution in [0.25, 0.3) is 0 Å². The van der Waals surface area contributed by atoms with E-state index in [1.807, 2.05) is 0 Å². The molecule has 4 rings (SSSR count). The Morgan fingerprint density at radius 1 is 1.10 bits per heavy atom. The fraction of sp³-hybridized carbons (Fsp3) is 0.947. The first-order valence-corrected chi connectivity index (χ1v) is 8.94. The van der Waals surface area contributed by atoms with Crippen molar-refractivity contribution < 1.29 is 9.53 Å². The van der Waals surface area contributed by atoms with E-state index in [-0.39, 0.29) is 17.0 Å². The van der Waals surface area contributed by atoms with Crippen molar-refractivity contribution >= 4 is 5.97 Å². The molecule has 0 N–H and O–H groups in total. The van der Waals surface area contributed by atoms with Gasteiger partial charge in [0.1, 0.15) is 5.60 Å². The molecule has 4 fully saturated rings. The lowest BCUT2D eigenvalue weighted by molar-refractivity contribution is -0.211. The molecule has 0 radical (unpaired) electrons. The van der Waals surface area contributed by atoms with Gasteiger partial charge in [-0.05, 0) is 88.9 Å². The van der Waals surface area contributed by atoms with Crippen molar-refractivity contribution in [3.63, 3.8) is 0 Å². The van der Waals surface area contributed by atoms with Gasteiger partial charge >= 0.3 is 5.97 Å². The SMILES string of the molecule is CC(C)CC(C)(C)C(=O)OC1(C)C2CC3CC(C2)CC1C3. The van der Waals surface area contributed by atoms with Gasteiger partial charge in [-0.1, -0.05) is 13.8 Å². The molecule has 0 heterocycles. The summed E-state index contributed by atoms with van der Waals surface area (Å²) >= 11 is 0. The topological polar surface area (TPSA) is 26.3 Å². The van der Waals surface area contributed by atoms with E-state index in [0.29, 0.717) is 17.8 Å². The van der Waals surface area contributed by atoms with E-state index < -0.39 is 0 Å². The highest BCUT2D eigenvalue weighted by Gasteiger charge is 2.57. The Balaban J connectivity index is 1.73. The second-order valence-electron chi connectivity index (χ2n) is 9.36. The summed E-state index contributed by atoms with van der Waals surface area (Å²) in [5, 5.41) is 0. The molecular formula is C19H32O2. The summed E-state index contributed by atoms with van der Waals surface area (Å²) < 4.78 is 6.24. The first kappa shape index (κ1) is 15.4. The third kappa shape index (κ3) is 2.64. The molecule has 0 aromatic heterocycles. The molecule has 0 aliphatic heterocycles. The Kier molecular flexibility index (Phi) is 3.65. The van der Waals surface area contributed by atoms with Crippen molar-refractivity contribution in [2.75, 3.05) is 0 Å². The third-order valence-electron chi connectivity index (χ3n) is 6.54. The highest BCUT2D eigenvalue weighted by atomic mass is 16.6. The van der Waals surface area contributed by atoms with Gasteiger partial charge in [-0.15, -0.1) is 0 Å². The molecule has 4 saturated carbocycles. The molecule has 0 amide bonds. The van der Waals surface area contributed by atoms with Crippen LogP contribution in [0.5, 0.6) is 0 Å². The summed E-state index contributed by atoms with van der Waals surface area (Å²) in [6.45, 7) is 10.7. The van der Waals surface area contributed by atoms with Crippen LogP contribution in [0.4, 0.5) is 0 Å². The molecule has 0 aromatic rings. The van der Waals surface area contributed by atoms with Crippen LogP contribution in [-0.2, 0) is 9.53 Å². The third-order valence-corrected chi connectivity index (χ3v) is 6.54. The minimum Gasteiger partial charge on any atom is -0.458 e. The molecule has 4 bridgehead atoms. The normalized spacial score (nSPS) is 41.6. The van der Waals surface area contributed by atoms with Crippen LogP contribution in [0.15, 0.2) is 0 Å². The van der Waals surface area contributed by atoms with Crippen LogP contribution in [0, 0.1) is 35.0 Å². The summed E-state index contributed by atoms with van der Waals surface area (Å²) in [6, 6.07) is 0. The summed E-state index contributed by atoms with van der Waals surface area (Å²) in [4.78, 5) is 12.8. The zero-order valence-electron chi connectivity index (χ0n) is 14.4. The molecule has 0 spiro atoms. The molecule has 21 heavy (non-hydrogen) atoms. The van der Waals surface area contributed by atoms with Crippen molar-refractivity contribution in [1.82, 2.24) is 0 Å². The zero-order valence-corrected chi connectivity index (χ0v) is 14.4. The number of ether oxygens (including phenoxy) is 1. The van der Waals surface area contributed by atoms with Crippen LogP contribution in [0.3, 0.4) is 0 Å². The van der Waals surface area contributed by atoms with Crippen LogP contribution in [0.2, 0.25) is 0 Å². The summed E-state index contributed by atoms with van der Waals surface area (Å²) in [5.74, 6) is 3.64. The minimum atomic E-state index is -0.355. The Morgan fingerprint density at radius 2 is 1.57 bits per heavy atom. The van der Waals surface area contributed by atoms with Gasteiger partial charge in [0.2, 0.25) is 0 Å². The lowest BCUT2D eigenvalue weighted by atomic mass is 9.50. The fourth-order valence-corrected chi connectivity index (χ4v) is 5.73. The van der Waals surface area contributed by atoms with Gasteiger partial charge < -0.3 is 4.74 Å². The van der Waals surface area contributed by atoms with Gasteiger partial charge in [0.25, 0.3) is 0 Å². The predicted octanol–water partition coefficient (Wildman–Crippen LogP) is 4.82. The van der Waals surface area contributed by atoms with Crippen LogP contribution >= 0.6 is 0 Å². The molecule has 4 aliphatic carbocycles. The molecule has 0 saturated heterocycles. The molecule has 4 aliphatic rings. The van der Waals surface area contributed by atoms with Crippen LogP contribution in [0.1, 0.15) is 73.1 Å². The van der Waals surface area contributed by atoms with Crippen LogP contribution < -0.4 is 0 Å². The number of esters is 1. The number of carbonyl (C=O) groups is 1. The molecule has 0 aromatic carbocycles. The Bertz CT molecular complexity index is 393. The Labute approximate surface area is 130 Å². The second kappa shape index (κ2) is 4.99. The van der Waals surface area contributed by atoms with E-state index in [1.165, 1.54) is 32.1 Å². The van der Waals surface area contributed by atoms with E-state index in [1.54, 1.807) is 0 Å². The van der Waals surface area contributed by atoms with E-state index in [4.69, 9.17) is 4.74 Å². The largest absolute Gasteiger partial charge is 0.458 e. The van der Waals surface area contributed by atoms with Crippen molar-refractivity contribution in [3.05, 3.63) is 0 Å². The maximum Gasteiger partial charge on any atom is 0.312 e. The lowest BCUT2D eigenvalue weighted by Crippen LogP contribution is -2.58. The number of carbonyl (C=O) groups excluding carboxylic acids is 1. The van der Waals surface area contributed by atoms with Gasteiger partial charge in [-0.3, -0.25) is 4.79 Å². The maximum absolute atomic E-state index is 12.8. The van der Waals surface area contributed by atoms with E-state index in [0.717, 1.165) is 18.3 Å². The van der Waals surface area contributed by atoms with Gasteiger partial charge in [0, 0.05) is 0 Å². The Hall–Kier alpha value is -0.530. The highest BCUT2D eigenvalue weighted by molar-refractivity contribution is 5.76. The molecule has 2 nitrogen and oxygen atoms in total. The van der Waals surface area contributed by atoms with Crippen molar-refractivity contribution in [2.45, 2.75) is 78.7 Å². The van der Waals surface area contributed by atoms with Crippen LogP contribution in [-0.4, -0.2) is 11.6 Å². The predicted molar refractivity (Wildman–Crippen MR) is 84.8 cm³/mol. The minimum absolute atomic E-state index is 0.0335. The average molecular weight is 292 g/mol. The van der Waals surface area contributed by atoms with Gasteiger partial charge in [-0.2, -0.15) is 0 Å². The van der Waals surface area contributed by atoms with Gasteiger partial charge in [0.15, 0.2) is 0 Å². The van der Waals surface area contributed by atoms with Crippen molar-refractivity contribution in [1.29, 1.82) is 0 Å². The Morgan fingerprint density at radius 3 is 2.00 bits per heavy atom. The molecular weight excluding hydrogens is 260 g/mol. The lowest BCUT2D eigenvalue weighted by Gasteiger charge is -2.59. The maximum atomic E-state index is 12.8. The highest BCUT2D eigenvalue weighted by Crippen LogP contribution is 2.59. The van der Waals surface area contributed by atoms with Gasteiger partial charge in [-0.25, -0.2) is 0 Å². The van der Waals surface area contributed by atoms with Crippen molar-refractivity contribution in [2.24, 2.45) is 35.0 Å². The zero-order chi connectivity index (χ0) is 15.4. The molecule has 120 valence electrons. The standard InChI is InChI=1S/C19H32O2/c1-12(2)11-18(3,4)17(20)21-19(5)15-7-13-6-14(9-15)10-16(19)8-13/h12-16H,6-11H2,1-5H3. The quantitative estimate of drug-likeness (QED) is 0.695.